The number of hydrogen-bond donors (Lipinski definition) is 2. The van der Waals surface area contributed by atoms with Gasteiger partial charge in [0.1, 0.15) is 0 Å². The highest BCUT2D eigenvalue weighted by Gasteiger charge is 2.16. The van der Waals surface area contributed by atoms with Gasteiger partial charge in [-0.05, 0) is 25.1 Å². The highest BCUT2D eigenvalue weighted by atomic mass is 35.5. The molecule has 2 N–H and O–H groups in total. The molecule has 0 fully saturated rings. The molecular formula is C17H16ClN3O6. The first kappa shape index (κ1) is 20.0. The lowest BCUT2D eigenvalue weighted by atomic mass is 10.2. The molecular weight excluding hydrogens is 378 g/mol. The van der Waals surface area contributed by atoms with Gasteiger partial charge in [-0.15, -0.1) is 0 Å². The Bertz CT molecular complexity index is 858. The van der Waals surface area contributed by atoms with Crippen LogP contribution in [0.5, 0.6) is 11.5 Å². The molecule has 0 aromatic heterocycles. The van der Waals surface area contributed by atoms with Crippen LogP contribution in [0, 0.1) is 10.1 Å². The number of nitrogens with one attached hydrogen (secondary N) is 2. The Morgan fingerprint density at radius 2 is 1.78 bits per heavy atom. The van der Waals surface area contributed by atoms with E-state index in [0.29, 0.717) is 18.1 Å². The van der Waals surface area contributed by atoms with Crippen molar-refractivity contribution in [2.75, 3.05) is 13.2 Å². The van der Waals surface area contributed by atoms with E-state index in [2.05, 4.69) is 10.9 Å². The van der Waals surface area contributed by atoms with Crippen molar-refractivity contribution < 1.29 is 24.0 Å². The molecule has 0 heterocycles. The summed E-state index contributed by atoms with van der Waals surface area (Å²) in [5.74, 6) is -0.578. The number of para-hydroxylation sites is 2. The summed E-state index contributed by atoms with van der Waals surface area (Å²) >= 11 is 5.86. The zero-order valence-electron chi connectivity index (χ0n) is 14.2. The monoisotopic (exact) mass is 393 g/mol. The summed E-state index contributed by atoms with van der Waals surface area (Å²) in [5, 5.41) is 10.8. The van der Waals surface area contributed by atoms with Crippen LogP contribution in [0.2, 0.25) is 5.02 Å². The predicted molar refractivity (Wildman–Crippen MR) is 96.8 cm³/mol. The van der Waals surface area contributed by atoms with Crippen molar-refractivity contribution in [1.29, 1.82) is 0 Å². The molecule has 2 aromatic rings. The molecule has 2 rings (SSSR count). The van der Waals surface area contributed by atoms with Gasteiger partial charge in [-0.2, -0.15) is 0 Å². The Labute approximate surface area is 159 Å². The maximum absolute atomic E-state index is 12.1. The lowest BCUT2D eigenvalue weighted by molar-refractivity contribution is -0.384. The SMILES string of the molecule is CCOc1ccccc1OCC(=O)NNC(=O)c1cc([N+](=O)[O-])ccc1Cl. The average Bonchev–Trinajstić information content (AvgIpc) is 2.65. The first-order valence-electron chi connectivity index (χ1n) is 7.80. The van der Waals surface area contributed by atoms with E-state index in [1.807, 2.05) is 6.92 Å². The van der Waals surface area contributed by atoms with Gasteiger partial charge < -0.3 is 9.47 Å². The first-order valence-corrected chi connectivity index (χ1v) is 8.18. The molecule has 9 nitrogen and oxygen atoms in total. The Balaban J connectivity index is 1.91. The Kier molecular flexibility index (Phi) is 6.95. The van der Waals surface area contributed by atoms with Gasteiger partial charge in [-0.1, -0.05) is 23.7 Å². The van der Waals surface area contributed by atoms with Gasteiger partial charge in [0, 0.05) is 12.1 Å². The van der Waals surface area contributed by atoms with E-state index in [1.54, 1.807) is 24.3 Å². The van der Waals surface area contributed by atoms with E-state index in [1.165, 1.54) is 12.1 Å². The normalized spacial score (nSPS) is 10.0. The number of rotatable bonds is 7. The average molecular weight is 394 g/mol. The Hall–Kier alpha value is -3.33. The highest BCUT2D eigenvalue weighted by molar-refractivity contribution is 6.34. The van der Waals surface area contributed by atoms with Gasteiger partial charge in [-0.3, -0.25) is 30.6 Å². The molecule has 27 heavy (non-hydrogen) atoms. The fraction of sp³-hybridized carbons (Fsp3) is 0.176. The van der Waals surface area contributed by atoms with Crippen LogP contribution in [0.3, 0.4) is 0 Å². The van der Waals surface area contributed by atoms with E-state index < -0.39 is 16.7 Å². The third-order valence-electron chi connectivity index (χ3n) is 3.23. The second-order valence-corrected chi connectivity index (χ2v) is 5.50. The molecule has 0 radical (unpaired) electrons. The minimum atomic E-state index is -0.799. The number of halogens is 1. The summed E-state index contributed by atoms with van der Waals surface area (Å²) in [5.41, 5.74) is 3.83. The molecule has 0 aliphatic carbocycles. The van der Waals surface area contributed by atoms with E-state index >= 15 is 0 Å². The van der Waals surface area contributed by atoms with Crippen LogP contribution < -0.4 is 20.3 Å². The van der Waals surface area contributed by atoms with Crippen LogP contribution >= 0.6 is 11.6 Å². The number of ether oxygens (including phenoxy) is 2. The maximum Gasteiger partial charge on any atom is 0.276 e. The number of amides is 2. The quantitative estimate of drug-likeness (QED) is 0.550. The third kappa shape index (κ3) is 5.58. The number of carbonyl (C=O) groups excluding carboxylic acids is 2. The molecule has 0 aliphatic rings. The maximum atomic E-state index is 12.1. The van der Waals surface area contributed by atoms with Crippen LogP contribution in [-0.2, 0) is 4.79 Å². The summed E-state index contributed by atoms with van der Waals surface area (Å²) in [7, 11) is 0. The lowest BCUT2D eigenvalue weighted by Crippen LogP contribution is -2.43. The number of nitro groups is 1. The third-order valence-corrected chi connectivity index (χ3v) is 3.56. The van der Waals surface area contributed by atoms with Crippen molar-refractivity contribution in [3.8, 4) is 11.5 Å². The number of nitrogens with zero attached hydrogens (tertiary/aromatic N) is 1. The molecule has 2 amide bonds. The molecule has 0 saturated heterocycles. The van der Waals surface area contributed by atoms with Crippen LogP contribution in [-0.4, -0.2) is 30.0 Å². The zero-order chi connectivity index (χ0) is 19.8. The van der Waals surface area contributed by atoms with E-state index in [4.69, 9.17) is 21.1 Å². The summed E-state index contributed by atoms with van der Waals surface area (Å²) in [6, 6.07) is 10.2. The fourth-order valence-corrected chi connectivity index (χ4v) is 2.22. The van der Waals surface area contributed by atoms with Crippen molar-refractivity contribution in [3.63, 3.8) is 0 Å². The number of nitro benzene ring substituents is 1. The second kappa shape index (κ2) is 9.39. The standard InChI is InChI=1S/C17H16ClN3O6/c1-2-26-14-5-3-4-6-15(14)27-10-16(22)19-20-17(23)12-9-11(21(24)25)7-8-13(12)18/h3-9H,2,10H2,1H3,(H,19,22)(H,20,23). The van der Waals surface area contributed by atoms with Gasteiger partial charge in [-0.25, -0.2) is 0 Å². The number of hydrazine groups is 1. The summed E-state index contributed by atoms with van der Waals surface area (Å²) in [6.07, 6.45) is 0. The molecule has 0 spiro atoms. The smallest absolute Gasteiger partial charge is 0.276 e. The molecule has 0 bridgehead atoms. The van der Waals surface area contributed by atoms with E-state index in [-0.39, 0.29) is 22.9 Å². The van der Waals surface area contributed by atoms with Gasteiger partial charge in [0.2, 0.25) is 0 Å². The molecule has 142 valence electrons. The van der Waals surface area contributed by atoms with Gasteiger partial charge >= 0.3 is 0 Å². The number of carbonyl (C=O) groups is 2. The topological polar surface area (TPSA) is 120 Å². The molecule has 0 atom stereocenters. The predicted octanol–water partition coefficient (Wildman–Crippen LogP) is 2.49. The Morgan fingerprint density at radius 3 is 2.41 bits per heavy atom. The van der Waals surface area contributed by atoms with Gasteiger partial charge in [0.05, 0.1) is 22.1 Å². The lowest BCUT2D eigenvalue weighted by Gasteiger charge is -2.12. The molecule has 10 heteroatoms. The molecule has 2 aromatic carbocycles. The van der Waals surface area contributed by atoms with Crippen molar-refractivity contribution in [2.24, 2.45) is 0 Å². The van der Waals surface area contributed by atoms with Crippen molar-refractivity contribution in [3.05, 3.63) is 63.2 Å². The van der Waals surface area contributed by atoms with Gasteiger partial charge in [0.15, 0.2) is 18.1 Å². The van der Waals surface area contributed by atoms with Crippen molar-refractivity contribution in [1.82, 2.24) is 10.9 Å². The minimum Gasteiger partial charge on any atom is -0.490 e. The number of hydrogen-bond acceptors (Lipinski definition) is 6. The van der Waals surface area contributed by atoms with Crippen molar-refractivity contribution in [2.45, 2.75) is 6.92 Å². The second-order valence-electron chi connectivity index (χ2n) is 5.09. The first-order chi connectivity index (χ1) is 12.9. The van der Waals surface area contributed by atoms with Crippen LogP contribution in [0.15, 0.2) is 42.5 Å². The number of benzene rings is 2. The summed E-state index contributed by atoms with van der Waals surface area (Å²) < 4.78 is 10.7. The summed E-state index contributed by atoms with van der Waals surface area (Å²) in [6.45, 7) is 1.87. The minimum absolute atomic E-state index is 0.00856. The molecule has 0 saturated carbocycles. The van der Waals surface area contributed by atoms with Crippen LogP contribution in [0.25, 0.3) is 0 Å². The molecule has 0 aliphatic heterocycles. The van der Waals surface area contributed by atoms with Crippen LogP contribution in [0.1, 0.15) is 17.3 Å². The van der Waals surface area contributed by atoms with E-state index in [0.717, 1.165) is 6.07 Å². The van der Waals surface area contributed by atoms with Gasteiger partial charge in [0.25, 0.3) is 17.5 Å². The Morgan fingerprint density at radius 1 is 1.11 bits per heavy atom. The highest BCUT2D eigenvalue weighted by Crippen LogP contribution is 2.26. The molecule has 0 unspecified atom stereocenters. The summed E-state index contributed by atoms with van der Waals surface area (Å²) in [4.78, 5) is 34.0. The fourth-order valence-electron chi connectivity index (χ4n) is 2.02. The zero-order valence-corrected chi connectivity index (χ0v) is 15.0. The van der Waals surface area contributed by atoms with E-state index in [9.17, 15) is 19.7 Å². The van der Waals surface area contributed by atoms with Crippen LogP contribution in [0.4, 0.5) is 5.69 Å². The van der Waals surface area contributed by atoms with Crippen molar-refractivity contribution >= 4 is 29.1 Å². The number of non-ortho nitro benzene ring substituents is 1. The largest absolute Gasteiger partial charge is 0.490 e.